The highest BCUT2D eigenvalue weighted by Crippen LogP contribution is 2.25. The highest BCUT2D eigenvalue weighted by Gasteiger charge is 2.35. The first-order valence-corrected chi connectivity index (χ1v) is 6.71. The number of hydrogen-bond donors (Lipinski definition) is 2. The fraction of sp³-hybridized carbons (Fsp3) is 0.857. The van der Waals surface area contributed by atoms with Gasteiger partial charge in [0.05, 0.1) is 11.5 Å². The number of ether oxygens (including phenoxy) is 1. The second-order valence-electron chi connectivity index (χ2n) is 5.85. The van der Waals surface area contributed by atoms with Gasteiger partial charge in [-0.2, -0.15) is 0 Å². The van der Waals surface area contributed by atoms with Crippen LogP contribution in [0.5, 0.6) is 0 Å². The average molecular weight is 273 g/mol. The molecule has 0 aromatic heterocycles. The fourth-order valence-corrected chi connectivity index (χ4v) is 1.51. The van der Waals surface area contributed by atoms with E-state index in [0.717, 1.165) is 0 Å². The lowest BCUT2D eigenvalue weighted by atomic mass is 9.88. The van der Waals surface area contributed by atoms with E-state index in [4.69, 9.17) is 4.74 Å². The zero-order chi connectivity index (χ0) is 15.3. The minimum Gasteiger partial charge on any atom is -0.459 e. The van der Waals surface area contributed by atoms with Crippen LogP contribution in [0.3, 0.4) is 0 Å². The molecular weight excluding hydrogens is 246 g/mol. The Morgan fingerprint density at radius 3 is 2.26 bits per heavy atom. The summed E-state index contributed by atoms with van der Waals surface area (Å²) in [5.74, 6) is -1.11. The summed E-state index contributed by atoms with van der Waals surface area (Å²) in [4.78, 5) is 22.8. The lowest BCUT2D eigenvalue weighted by molar-refractivity contribution is -0.170. The molecule has 0 radical (unpaired) electrons. The molecule has 2 unspecified atom stereocenters. The summed E-state index contributed by atoms with van der Waals surface area (Å²) >= 11 is 0. The Labute approximate surface area is 115 Å². The third-order valence-corrected chi connectivity index (χ3v) is 3.48. The molecule has 1 amide bonds. The van der Waals surface area contributed by atoms with Gasteiger partial charge in [-0.25, -0.2) is 0 Å². The van der Waals surface area contributed by atoms with E-state index in [9.17, 15) is 14.7 Å². The highest BCUT2D eigenvalue weighted by atomic mass is 16.6. The molecule has 0 fully saturated rings. The lowest BCUT2D eigenvalue weighted by Crippen LogP contribution is -2.42. The topological polar surface area (TPSA) is 75.6 Å². The van der Waals surface area contributed by atoms with Crippen LogP contribution in [-0.4, -0.2) is 34.7 Å². The smallest absolute Gasteiger partial charge is 0.312 e. The number of aliphatic hydroxyl groups is 1. The Bertz CT molecular complexity index is 323. The van der Waals surface area contributed by atoms with Gasteiger partial charge in [-0.3, -0.25) is 9.59 Å². The molecule has 112 valence electrons. The molecule has 0 aromatic carbocycles. The third kappa shape index (κ3) is 6.57. The summed E-state index contributed by atoms with van der Waals surface area (Å²) in [6.45, 7) is 10.6. The van der Waals surface area contributed by atoms with Crippen LogP contribution in [0.25, 0.3) is 0 Å². The molecule has 0 spiro atoms. The van der Waals surface area contributed by atoms with Crippen molar-refractivity contribution in [2.75, 3.05) is 6.54 Å². The number of hydrogen-bond acceptors (Lipinski definition) is 4. The Kier molecular flexibility index (Phi) is 6.49. The van der Waals surface area contributed by atoms with Gasteiger partial charge in [0, 0.05) is 19.9 Å². The zero-order valence-corrected chi connectivity index (χ0v) is 12.9. The van der Waals surface area contributed by atoms with Crippen LogP contribution in [0, 0.1) is 5.92 Å². The zero-order valence-electron chi connectivity index (χ0n) is 12.9. The maximum atomic E-state index is 12.0. The Hall–Kier alpha value is -1.10. The summed E-state index contributed by atoms with van der Waals surface area (Å²) in [6, 6.07) is 0. The van der Waals surface area contributed by atoms with Crippen molar-refractivity contribution in [2.24, 2.45) is 5.92 Å². The van der Waals surface area contributed by atoms with E-state index in [1.54, 1.807) is 27.7 Å². The van der Waals surface area contributed by atoms with Gasteiger partial charge in [0.1, 0.15) is 5.60 Å². The van der Waals surface area contributed by atoms with Crippen molar-refractivity contribution >= 4 is 11.9 Å². The summed E-state index contributed by atoms with van der Waals surface area (Å²) in [5.41, 5.74) is -1.73. The molecule has 5 nitrogen and oxygen atoms in total. The van der Waals surface area contributed by atoms with E-state index < -0.39 is 23.1 Å². The first kappa shape index (κ1) is 17.9. The Morgan fingerprint density at radius 1 is 1.32 bits per heavy atom. The molecule has 0 aliphatic carbocycles. The average Bonchev–Trinajstić information content (AvgIpc) is 2.26. The Morgan fingerprint density at radius 2 is 1.84 bits per heavy atom. The molecule has 0 rings (SSSR count). The third-order valence-electron chi connectivity index (χ3n) is 3.48. The first-order valence-electron chi connectivity index (χ1n) is 6.71. The summed E-state index contributed by atoms with van der Waals surface area (Å²) in [7, 11) is 0. The lowest BCUT2D eigenvalue weighted by Gasteiger charge is -2.32. The normalized spacial score (nSPS) is 16.4. The van der Waals surface area contributed by atoms with Crippen molar-refractivity contribution in [3.05, 3.63) is 0 Å². The largest absolute Gasteiger partial charge is 0.459 e. The van der Waals surface area contributed by atoms with Gasteiger partial charge in [-0.05, 0) is 34.1 Å². The maximum Gasteiger partial charge on any atom is 0.312 e. The minimum absolute atomic E-state index is 0.107. The number of amides is 1. The van der Waals surface area contributed by atoms with Crippen molar-refractivity contribution in [1.29, 1.82) is 0 Å². The van der Waals surface area contributed by atoms with E-state index in [2.05, 4.69) is 5.32 Å². The molecule has 0 saturated heterocycles. The summed E-state index contributed by atoms with van der Waals surface area (Å²) < 4.78 is 5.42. The molecule has 2 atom stereocenters. The van der Waals surface area contributed by atoms with E-state index in [1.807, 2.05) is 6.92 Å². The quantitative estimate of drug-likeness (QED) is 0.691. The molecule has 5 heteroatoms. The SMILES string of the molecule is CCC(C)(O)C(C)C(=O)OC(C)(C)CCNC(C)=O. The predicted molar refractivity (Wildman–Crippen MR) is 73.6 cm³/mol. The van der Waals surface area contributed by atoms with Crippen LogP contribution >= 0.6 is 0 Å². The van der Waals surface area contributed by atoms with Crippen LogP contribution in [0.15, 0.2) is 0 Å². The molecule has 0 bridgehead atoms. The molecular formula is C14H27NO4. The van der Waals surface area contributed by atoms with Gasteiger partial charge in [0.2, 0.25) is 5.91 Å². The van der Waals surface area contributed by atoms with E-state index in [-0.39, 0.29) is 5.91 Å². The van der Waals surface area contributed by atoms with Crippen molar-refractivity contribution in [3.63, 3.8) is 0 Å². The number of carbonyl (C=O) groups excluding carboxylic acids is 2. The maximum absolute atomic E-state index is 12.0. The second-order valence-corrected chi connectivity index (χ2v) is 5.85. The van der Waals surface area contributed by atoms with Gasteiger partial charge < -0.3 is 15.2 Å². The van der Waals surface area contributed by atoms with Crippen molar-refractivity contribution < 1.29 is 19.4 Å². The number of rotatable bonds is 7. The van der Waals surface area contributed by atoms with Gasteiger partial charge in [0.15, 0.2) is 0 Å². The van der Waals surface area contributed by atoms with Crippen LogP contribution < -0.4 is 5.32 Å². The summed E-state index contributed by atoms with van der Waals surface area (Å²) in [6.07, 6.45) is 1.01. The van der Waals surface area contributed by atoms with Gasteiger partial charge >= 0.3 is 5.97 Å². The van der Waals surface area contributed by atoms with E-state index in [0.29, 0.717) is 19.4 Å². The first-order chi connectivity index (χ1) is 8.52. The molecule has 0 aliphatic rings. The standard InChI is InChI=1S/C14H27NO4/c1-7-14(6,18)10(2)12(17)19-13(4,5)8-9-15-11(3)16/h10,18H,7-9H2,1-6H3,(H,15,16). The monoisotopic (exact) mass is 273 g/mol. The van der Waals surface area contributed by atoms with Crippen LogP contribution in [0.1, 0.15) is 54.4 Å². The van der Waals surface area contributed by atoms with E-state index in [1.165, 1.54) is 6.92 Å². The second kappa shape index (κ2) is 6.89. The van der Waals surface area contributed by atoms with Crippen LogP contribution in [0.2, 0.25) is 0 Å². The molecule has 0 heterocycles. The molecule has 19 heavy (non-hydrogen) atoms. The molecule has 0 saturated carbocycles. The molecule has 2 N–H and O–H groups in total. The number of carbonyl (C=O) groups is 2. The molecule has 0 aromatic rings. The predicted octanol–water partition coefficient (Wildman–Crippen LogP) is 1.63. The van der Waals surface area contributed by atoms with Crippen LogP contribution in [0.4, 0.5) is 0 Å². The van der Waals surface area contributed by atoms with Crippen LogP contribution in [-0.2, 0) is 14.3 Å². The van der Waals surface area contributed by atoms with Crippen molar-refractivity contribution in [1.82, 2.24) is 5.32 Å². The fourth-order valence-electron chi connectivity index (χ4n) is 1.51. The van der Waals surface area contributed by atoms with Gasteiger partial charge in [0.25, 0.3) is 0 Å². The number of esters is 1. The van der Waals surface area contributed by atoms with Gasteiger partial charge in [-0.1, -0.05) is 6.92 Å². The van der Waals surface area contributed by atoms with Crippen molar-refractivity contribution in [2.45, 2.75) is 65.6 Å². The number of nitrogens with one attached hydrogen (secondary N) is 1. The van der Waals surface area contributed by atoms with Crippen molar-refractivity contribution in [3.8, 4) is 0 Å². The summed E-state index contributed by atoms with van der Waals surface area (Å²) in [5, 5.41) is 12.7. The molecule has 0 aliphatic heterocycles. The Balaban J connectivity index is 4.41. The highest BCUT2D eigenvalue weighted by molar-refractivity contribution is 5.74. The van der Waals surface area contributed by atoms with Gasteiger partial charge in [-0.15, -0.1) is 0 Å². The van der Waals surface area contributed by atoms with E-state index >= 15 is 0 Å². The minimum atomic E-state index is -1.06.